The minimum atomic E-state index is -3.68. The largest absolute Gasteiger partial charge is 0.398 e. The molecule has 0 atom stereocenters. The zero-order valence-corrected chi connectivity index (χ0v) is 13.7. The van der Waals surface area contributed by atoms with Crippen molar-refractivity contribution in [3.8, 4) is 0 Å². The SMILES string of the molecule is CN(CC1(O)CCCC1)S(=O)(=O)c1ccc(Br)cc1N. The fourth-order valence-corrected chi connectivity index (χ4v) is 4.33. The molecule has 0 heterocycles. The molecule has 1 saturated carbocycles. The molecule has 5 nitrogen and oxygen atoms in total. The molecular formula is C13H19BrN2O3S. The van der Waals surface area contributed by atoms with Crippen molar-refractivity contribution in [3.63, 3.8) is 0 Å². The molecule has 20 heavy (non-hydrogen) atoms. The lowest BCUT2D eigenvalue weighted by Gasteiger charge is -2.28. The quantitative estimate of drug-likeness (QED) is 0.801. The van der Waals surface area contributed by atoms with E-state index in [-0.39, 0.29) is 17.1 Å². The third-order valence-electron chi connectivity index (χ3n) is 3.71. The molecule has 1 aromatic rings. The van der Waals surface area contributed by atoms with E-state index in [1.165, 1.54) is 17.4 Å². The number of hydrogen-bond donors (Lipinski definition) is 2. The molecule has 3 N–H and O–H groups in total. The van der Waals surface area contributed by atoms with Crippen LogP contribution in [-0.4, -0.2) is 37.0 Å². The number of nitrogens with two attached hydrogens (primary N) is 1. The Morgan fingerprint density at radius 3 is 2.55 bits per heavy atom. The molecule has 0 saturated heterocycles. The minimum absolute atomic E-state index is 0.0739. The number of nitrogens with zero attached hydrogens (tertiary/aromatic N) is 1. The first-order valence-electron chi connectivity index (χ1n) is 6.48. The summed E-state index contributed by atoms with van der Waals surface area (Å²) in [6.45, 7) is 0.102. The van der Waals surface area contributed by atoms with Crippen LogP contribution in [0.1, 0.15) is 25.7 Å². The Labute approximate surface area is 128 Å². The van der Waals surface area contributed by atoms with Crippen molar-refractivity contribution in [2.24, 2.45) is 0 Å². The zero-order chi connectivity index (χ0) is 15.0. The first kappa shape index (κ1) is 15.8. The Morgan fingerprint density at radius 2 is 2.00 bits per heavy atom. The van der Waals surface area contributed by atoms with E-state index in [0.717, 1.165) is 17.3 Å². The predicted octanol–water partition coefficient (Wildman–Crippen LogP) is 1.96. The van der Waals surface area contributed by atoms with Crippen LogP contribution in [0.25, 0.3) is 0 Å². The maximum absolute atomic E-state index is 12.5. The summed E-state index contributed by atoms with van der Waals surface area (Å²) in [5, 5.41) is 10.3. The highest BCUT2D eigenvalue weighted by molar-refractivity contribution is 9.10. The summed E-state index contributed by atoms with van der Waals surface area (Å²) in [5.74, 6) is 0. The zero-order valence-electron chi connectivity index (χ0n) is 11.3. The van der Waals surface area contributed by atoms with Crippen molar-refractivity contribution >= 4 is 31.6 Å². The molecule has 112 valence electrons. The summed E-state index contributed by atoms with van der Waals surface area (Å²) in [7, 11) is -2.21. The van der Waals surface area contributed by atoms with Crippen molar-refractivity contribution < 1.29 is 13.5 Å². The molecule has 0 bridgehead atoms. The standard InChI is InChI=1S/C13H19BrN2O3S/c1-16(9-13(17)6-2-3-7-13)20(18,19)12-5-4-10(14)8-11(12)15/h4-5,8,17H,2-3,6-7,9,15H2,1H3. The van der Waals surface area contributed by atoms with Crippen molar-refractivity contribution in [3.05, 3.63) is 22.7 Å². The van der Waals surface area contributed by atoms with E-state index in [4.69, 9.17) is 5.73 Å². The first-order chi connectivity index (χ1) is 9.24. The summed E-state index contributed by atoms with van der Waals surface area (Å²) in [6.07, 6.45) is 3.15. The predicted molar refractivity (Wildman–Crippen MR) is 81.8 cm³/mol. The van der Waals surface area contributed by atoms with Gasteiger partial charge in [-0.15, -0.1) is 0 Å². The molecule has 0 aromatic heterocycles. The van der Waals surface area contributed by atoms with Crippen molar-refractivity contribution in [2.75, 3.05) is 19.3 Å². The van der Waals surface area contributed by atoms with Crippen LogP contribution < -0.4 is 5.73 Å². The molecule has 1 aliphatic rings. The molecule has 0 spiro atoms. The number of aliphatic hydroxyl groups is 1. The second kappa shape index (κ2) is 5.63. The molecular weight excluding hydrogens is 344 g/mol. The van der Waals surface area contributed by atoms with Gasteiger partial charge >= 0.3 is 0 Å². The lowest BCUT2D eigenvalue weighted by atomic mass is 10.0. The van der Waals surface area contributed by atoms with E-state index >= 15 is 0 Å². The highest BCUT2D eigenvalue weighted by Gasteiger charge is 2.36. The van der Waals surface area contributed by atoms with Gasteiger partial charge in [0.2, 0.25) is 10.0 Å². The maximum Gasteiger partial charge on any atom is 0.244 e. The lowest BCUT2D eigenvalue weighted by Crippen LogP contribution is -2.42. The Morgan fingerprint density at radius 1 is 1.40 bits per heavy atom. The van der Waals surface area contributed by atoms with Gasteiger partial charge in [-0.25, -0.2) is 8.42 Å². The molecule has 0 unspecified atom stereocenters. The van der Waals surface area contributed by atoms with Gasteiger partial charge in [0.15, 0.2) is 0 Å². The van der Waals surface area contributed by atoms with Crippen LogP contribution in [0.15, 0.2) is 27.6 Å². The molecule has 1 fully saturated rings. The van der Waals surface area contributed by atoms with Gasteiger partial charge in [0.1, 0.15) is 4.90 Å². The van der Waals surface area contributed by atoms with Crippen LogP contribution in [0.3, 0.4) is 0 Å². The number of rotatable bonds is 4. The van der Waals surface area contributed by atoms with Gasteiger partial charge in [-0.2, -0.15) is 4.31 Å². The van der Waals surface area contributed by atoms with Crippen LogP contribution in [0.2, 0.25) is 0 Å². The average Bonchev–Trinajstić information content (AvgIpc) is 2.75. The Kier molecular flexibility index (Phi) is 4.44. The van der Waals surface area contributed by atoms with Crippen molar-refractivity contribution in [2.45, 2.75) is 36.2 Å². The van der Waals surface area contributed by atoms with E-state index in [2.05, 4.69) is 15.9 Å². The fraction of sp³-hybridized carbons (Fsp3) is 0.538. The van der Waals surface area contributed by atoms with E-state index in [9.17, 15) is 13.5 Å². The van der Waals surface area contributed by atoms with Gasteiger partial charge in [0.05, 0.1) is 11.3 Å². The number of nitrogen functional groups attached to an aromatic ring is 1. The molecule has 1 aromatic carbocycles. The number of halogens is 1. The maximum atomic E-state index is 12.5. The van der Waals surface area contributed by atoms with Crippen LogP contribution in [0.4, 0.5) is 5.69 Å². The molecule has 7 heteroatoms. The highest BCUT2D eigenvalue weighted by atomic mass is 79.9. The highest BCUT2D eigenvalue weighted by Crippen LogP contribution is 2.32. The summed E-state index contributed by atoms with van der Waals surface area (Å²) in [4.78, 5) is 0.0739. The van der Waals surface area contributed by atoms with Gasteiger partial charge in [-0.1, -0.05) is 28.8 Å². The second-order valence-corrected chi connectivity index (χ2v) is 8.30. The van der Waals surface area contributed by atoms with Crippen molar-refractivity contribution in [1.82, 2.24) is 4.31 Å². The Hall–Kier alpha value is -0.630. The number of likely N-dealkylation sites (N-methyl/N-ethyl adjacent to an activating group) is 1. The Bertz CT molecular complexity index is 598. The van der Waals surface area contributed by atoms with E-state index in [0.29, 0.717) is 12.8 Å². The lowest BCUT2D eigenvalue weighted by molar-refractivity contribution is 0.0333. The molecule has 0 aliphatic heterocycles. The minimum Gasteiger partial charge on any atom is -0.398 e. The first-order valence-corrected chi connectivity index (χ1v) is 8.72. The normalized spacial score (nSPS) is 18.6. The molecule has 2 rings (SSSR count). The average molecular weight is 363 g/mol. The Balaban J connectivity index is 2.25. The molecule has 1 aliphatic carbocycles. The third kappa shape index (κ3) is 3.16. The number of anilines is 1. The van der Waals surface area contributed by atoms with Gasteiger partial charge in [-0.3, -0.25) is 0 Å². The number of hydrogen-bond acceptors (Lipinski definition) is 4. The summed E-state index contributed by atoms with van der Waals surface area (Å²) in [6, 6.07) is 4.68. The summed E-state index contributed by atoms with van der Waals surface area (Å²) in [5.41, 5.74) is 5.08. The summed E-state index contributed by atoms with van der Waals surface area (Å²) >= 11 is 3.25. The molecule has 0 amide bonds. The van der Waals surface area contributed by atoms with Gasteiger partial charge in [0.25, 0.3) is 0 Å². The van der Waals surface area contributed by atoms with E-state index < -0.39 is 15.6 Å². The fourth-order valence-electron chi connectivity index (χ4n) is 2.61. The van der Waals surface area contributed by atoms with Crippen LogP contribution in [0.5, 0.6) is 0 Å². The summed E-state index contributed by atoms with van der Waals surface area (Å²) < 4.78 is 26.9. The van der Waals surface area contributed by atoms with Crippen LogP contribution in [-0.2, 0) is 10.0 Å². The third-order valence-corrected chi connectivity index (χ3v) is 6.08. The number of benzene rings is 1. The van der Waals surface area contributed by atoms with Crippen molar-refractivity contribution in [1.29, 1.82) is 0 Å². The van der Waals surface area contributed by atoms with Gasteiger partial charge < -0.3 is 10.8 Å². The topological polar surface area (TPSA) is 83.6 Å². The number of sulfonamides is 1. The monoisotopic (exact) mass is 362 g/mol. The molecule has 0 radical (unpaired) electrons. The van der Waals surface area contributed by atoms with Crippen LogP contribution in [0, 0.1) is 0 Å². The van der Waals surface area contributed by atoms with Crippen LogP contribution >= 0.6 is 15.9 Å². The smallest absolute Gasteiger partial charge is 0.244 e. The van der Waals surface area contributed by atoms with Gasteiger partial charge in [0, 0.05) is 18.1 Å². The van der Waals surface area contributed by atoms with E-state index in [1.54, 1.807) is 12.1 Å². The second-order valence-electron chi connectivity index (χ2n) is 5.37. The van der Waals surface area contributed by atoms with Gasteiger partial charge in [-0.05, 0) is 31.0 Å². The van der Waals surface area contributed by atoms with E-state index in [1.807, 2.05) is 0 Å².